The van der Waals surface area contributed by atoms with Crippen LogP contribution in [0.5, 0.6) is 0 Å². The third-order valence-electron chi connectivity index (χ3n) is 12.4. The van der Waals surface area contributed by atoms with Crippen molar-refractivity contribution in [3.8, 4) is 16.9 Å². The molecule has 1 fully saturated rings. The quantitative estimate of drug-likeness (QED) is 0.180. The van der Waals surface area contributed by atoms with Crippen molar-refractivity contribution in [3.05, 3.63) is 168 Å². The minimum absolute atomic E-state index is 0.333. The monoisotopic (exact) mass is 693 g/mol. The summed E-state index contributed by atoms with van der Waals surface area (Å²) in [6.45, 7) is 0. The molecule has 0 spiro atoms. The molecule has 0 aliphatic heterocycles. The van der Waals surface area contributed by atoms with E-state index < -0.39 is 0 Å². The van der Waals surface area contributed by atoms with Gasteiger partial charge in [0.25, 0.3) is 0 Å². The second-order valence-electron chi connectivity index (χ2n) is 15.1. The summed E-state index contributed by atoms with van der Waals surface area (Å²) in [6, 6.07) is 40.5. The molecule has 53 heavy (non-hydrogen) atoms. The Morgan fingerprint density at radius 1 is 0.660 bits per heavy atom. The zero-order valence-electron chi connectivity index (χ0n) is 28.8. The summed E-state index contributed by atoms with van der Waals surface area (Å²) in [5.74, 6) is 2.21. The maximum Gasteiger partial charge on any atom is 0.165 e. The van der Waals surface area contributed by atoms with Crippen molar-refractivity contribution >= 4 is 80.7 Å². The molecule has 0 radical (unpaired) electrons. The highest BCUT2D eigenvalue weighted by molar-refractivity contribution is 7.25. The predicted molar refractivity (Wildman–Crippen MR) is 222 cm³/mol. The van der Waals surface area contributed by atoms with Crippen LogP contribution in [-0.4, -0.2) is 14.5 Å². The molecule has 4 heteroatoms. The van der Waals surface area contributed by atoms with Crippen molar-refractivity contribution in [1.82, 2.24) is 14.5 Å². The first kappa shape index (κ1) is 28.5. The van der Waals surface area contributed by atoms with Crippen LogP contribution in [0.2, 0.25) is 0 Å². The second kappa shape index (κ2) is 10.3. The third-order valence-corrected chi connectivity index (χ3v) is 13.5. The Kier molecular flexibility index (Phi) is 5.52. The van der Waals surface area contributed by atoms with Crippen LogP contribution in [0.25, 0.3) is 86.3 Å². The van der Waals surface area contributed by atoms with Gasteiger partial charge in [0.2, 0.25) is 0 Å². The van der Waals surface area contributed by atoms with Crippen molar-refractivity contribution < 1.29 is 0 Å². The summed E-state index contributed by atoms with van der Waals surface area (Å²) in [5, 5.41) is 9.03. The van der Waals surface area contributed by atoms with Gasteiger partial charge in [-0.3, -0.25) is 4.57 Å². The van der Waals surface area contributed by atoms with Crippen molar-refractivity contribution in [3.63, 3.8) is 0 Å². The Morgan fingerprint density at radius 3 is 2.38 bits per heavy atom. The summed E-state index contributed by atoms with van der Waals surface area (Å²) < 4.78 is 3.75. The minimum atomic E-state index is 0.333. The van der Waals surface area contributed by atoms with E-state index in [0.29, 0.717) is 17.8 Å². The number of aromatic nitrogens is 3. The van der Waals surface area contributed by atoms with Gasteiger partial charge >= 0.3 is 0 Å². The number of hydrogen-bond acceptors (Lipinski definition) is 3. The number of benzene rings is 6. The van der Waals surface area contributed by atoms with Gasteiger partial charge in [0.15, 0.2) is 5.82 Å². The van der Waals surface area contributed by atoms with E-state index in [9.17, 15) is 0 Å². The van der Waals surface area contributed by atoms with E-state index in [1.165, 1.54) is 86.8 Å². The molecule has 9 aromatic rings. The zero-order chi connectivity index (χ0) is 34.4. The molecular formula is C49H31N3S. The van der Waals surface area contributed by atoms with Crippen LogP contribution in [-0.2, 0) is 0 Å². The first-order chi connectivity index (χ1) is 26.3. The van der Waals surface area contributed by atoms with E-state index in [4.69, 9.17) is 9.97 Å². The topological polar surface area (TPSA) is 30.7 Å². The summed E-state index contributed by atoms with van der Waals surface area (Å²) in [4.78, 5) is 12.4. The number of rotatable bonds is 2. The maximum absolute atomic E-state index is 5.78. The lowest BCUT2D eigenvalue weighted by atomic mass is 9.79. The van der Waals surface area contributed by atoms with Gasteiger partial charge in [-0.2, -0.15) is 0 Å². The average Bonchev–Trinajstić information content (AvgIpc) is 3.84. The molecule has 4 aliphatic carbocycles. The van der Waals surface area contributed by atoms with Crippen molar-refractivity contribution in [1.29, 1.82) is 0 Å². The Bertz CT molecular complexity index is 3260. The predicted octanol–water partition coefficient (Wildman–Crippen LogP) is 13.0. The number of thiophene rings is 1. The van der Waals surface area contributed by atoms with Gasteiger partial charge in [0.05, 0.1) is 11.0 Å². The molecule has 13 rings (SSSR count). The van der Waals surface area contributed by atoms with Gasteiger partial charge < -0.3 is 0 Å². The number of allylic oxidation sites excluding steroid dienone is 8. The van der Waals surface area contributed by atoms with E-state index >= 15 is 0 Å². The average molecular weight is 694 g/mol. The van der Waals surface area contributed by atoms with E-state index in [0.717, 1.165) is 34.7 Å². The molecule has 3 nitrogen and oxygen atoms in total. The van der Waals surface area contributed by atoms with Gasteiger partial charge in [-0.1, -0.05) is 134 Å². The van der Waals surface area contributed by atoms with Crippen LogP contribution in [0.1, 0.15) is 41.5 Å². The first-order valence-electron chi connectivity index (χ1n) is 18.8. The van der Waals surface area contributed by atoms with Gasteiger partial charge in [0, 0.05) is 32.3 Å². The van der Waals surface area contributed by atoms with Crippen LogP contribution in [0, 0.1) is 5.92 Å². The molecule has 3 atom stereocenters. The summed E-state index contributed by atoms with van der Waals surface area (Å²) >= 11 is 1.75. The summed E-state index contributed by atoms with van der Waals surface area (Å²) in [7, 11) is 0. The van der Waals surface area contributed by atoms with Crippen molar-refractivity contribution in [2.75, 3.05) is 0 Å². The smallest absolute Gasteiger partial charge is 0.165 e. The molecule has 6 aromatic carbocycles. The summed E-state index contributed by atoms with van der Waals surface area (Å²) in [6.07, 6.45) is 15.8. The van der Waals surface area contributed by atoms with Crippen LogP contribution in [0.3, 0.4) is 0 Å². The third kappa shape index (κ3) is 3.73. The van der Waals surface area contributed by atoms with Crippen LogP contribution >= 0.6 is 11.3 Å². The van der Waals surface area contributed by atoms with Crippen molar-refractivity contribution in [2.24, 2.45) is 5.92 Å². The number of nitrogens with zero attached hydrogens (tertiary/aromatic N) is 3. The molecule has 1 saturated carbocycles. The Balaban J connectivity index is 1.26. The molecule has 0 N–H and O–H groups in total. The molecule has 3 unspecified atom stereocenters. The molecular weight excluding hydrogens is 663 g/mol. The lowest BCUT2D eigenvalue weighted by molar-refractivity contribution is 0.783. The number of fused-ring (bicyclic) bond motifs is 19. The van der Waals surface area contributed by atoms with E-state index in [1.54, 1.807) is 11.3 Å². The number of hydrogen-bond donors (Lipinski definition) is 0. The second-order valence-corrected chi connectivity index (χ2v) is 16.1. The lowest BCUT2D eigenvalue weighted by Crippen LogP contribution is -2.12. The van der Waals surface area contributed by atoms with Crippen LogP contribution in [0.15, 0.2) is 151 Å². The zero-order valence-corrected chi connectivity index (χ0v) is 29.6. The molecule has 0 bridgehead atoms. The molecule has 4 aliphatic rings. The SMILES string of the molecule is C1=CC2=C(c3nc4sc5ccccc5c4nc3-n3c4ccccc4c4c5ccccc5c5c(c43)C3CC3c3ccc4ccccc4c3-5)C=CCC2C=C1. The van der Waals surface area contributed by atoms with Gasteiger partial charge in [0.1, 0.15) is 16.0 Å². The van der Waals surface area contributed by atoms with Crippen LogP contribution < -0.4 is 0 Å². The highest BCUT2D eigenvalue weighted by Gasteiger charge is 2.48. The van der Waals surface area contributed by atoms with E-state index in [2.05, 4.69) is 150 Å². The Labute approximate surface area is 309 Å². The van der Waals surface area contributed by atoms with Crippen LogP contribution in [0.4, 0.5) is 0 Å². The van der Waals surface area contributed by atoms with Gasteiger partial charge in [-0.05, 0) is 86.2 Å². The largest absolute Gasteiger partial charge is 0.292 e. The fraction of sp³-hybridized carbons (Fsp3) is 0.102. The Hall–Kier alpha value is -6.10. The maximum atomic E-state index is 5.78. The lowest BCUT2D eigenvalue weighted by Gasteiger charge is -2.26. The fourth-order valence-electron chi connectivity index (χ4n) is 10.1. The molecule has 3 heterocycles. The van der Waals surface area contributed by atoms with E-state index in [-0.39, 0.29) is 0 Å². The highest BCUT2D eigenvalue weighted by Crippen LogP contribution is 2.66. The summed E-state index contributed by atoms with van der Waals surface area (Å²) in [5.41, 5.74) is 12.7. The van der Waals surface area contributed by atoms with Gasteiger partial charge in [-0.25, -0.2) is 9.97 Å². The van der Waals surface area contributed by atoms with E-state index in [1.807, 2.05) is 0 Å². The van der Waals surface area contributed by atoms with Gasteiger partial charge in [-0.15, -0.1) is 11.3 Å². The standard InChI is InChI=1S/C49H31N3S/c1-3-15-29-27(12-1)14-11-21-34(29)45-48(50-46-36-20-8-10-23-40(36)53-49(46)51-45)52-39-22-9-7-19-35(39)42-31-17-5-6-18-32(31)43-41-30-16-4-2-13-28(30)24-25-33(41)37-26-38(37)44(43)47(42)52/h1-13,15-25,27,37-38H,14,26H2. The molecule has 248 valence electrons. The molecule has 3 aromatic heterocycles. The molecule has 0 saturated heterocycles. The highest BCUT2D eigenvalue weighted by atomic mass is 32.1. The molecule has 0 amide bonds. The number of para-hydroxylation sites is 1. The van der Waals surface area contributed by atoms with Crippen molar-refractivity contribution in [2.45, 2.75) is 24.7 Å². The normalized spacial score (nSPS) is 19.8. The fourth-order valence-corrected chi connectivity index (χ4v) is 11.1. The first-order valence-corrected chi connectivity index (χ1v) is 19.6. The Morgan fingerprint density at radius 2 is 1.45 bits per heavy atom. The minimum Gasteiger partial charge on any atom is -0.292 e.